The van der Waals surface area contributed by atoms with Crippen LogP contribution in [-0.2, 0) is 4.57 Å². The van der Waals surface area contributed by atoms with Crippen molar-refractivity contribution in [1.82, 2.24) is 0 Å². The molecule has 1 nitrogen and oxygen atoms in total. The second-order valence-electron chi connectivity index (χ2n) is 0.637. The zero-order valence-electron chi connectivity index (χ0n) is 2.90. The molecule has 0 fully saturated rings. The molecular formula is C3H6OP. The zero-order valence-corrected chi connectivity index (χ0v) is 3.90. The van der Waals surface area contributed by atoms with Crippen molar-refractivity contribution < 1.29 is 4.57 Å². The SMILES string of the molecule is C=CC[PH]=O. The first-order valence-corrected chi connectivity index (χ1v) is 2.49. The second kappa shape index (κ2) is 3.84. The zero-order chi connectivity index (χ0) is 4.12. The van der Waals surface area contributed by atoms with E-state index in [1.165, 1.54) is 0 Å². The van der Waals surface area contributed by atoms with Crippen LogP contribution in [0.5, 0.6) is 0 Å². The van der Waals surface area contributed by atoms with Crippen LogP contribution in [0.1, 0.15) is 0 Å². The van der Waals surface area contributed by atoms with Crippen molar-refractivity contribution in [2.24, 2.45) is 0 Å². The van der Waals surface area contributed by atoms with Crippen LogP contribution >= 0.6 is 8.46 Å². The molecule has 0 aliphatic carbocycles. The molecule has 0 aliphatic rings. The lowest BCUT2D eigenvalue weighted by atomic mass is 10.8. The normalized spacial score (nSPS) is 8.00. The van der Waals surface area contributed by atoms with Gasteiger partial charge in [-0.05, 0) is 0 Å². The number of rotatable bonds is 2. The summed E-state index contributed by atoms with van der Waals surface area (Å²) < 4.78 is 9.49. The highest BCUT2D eigenvalue weighted by Crippen LogP contribution is 1.86. The van der Waals surface area contributed by atoms with Gasteiger partial charge in [-0.2, -0.15) is 0 Å². The monoisotopic (exact) mass is 89.0 g/mol. The maximum Gasteiger partial charge on any atom is 0.0619 e. The van der Waals surface area contributed by atoms with E-state index in [0.29, 0.717) is 6.16 Å². The summed E-state index contributed by atoms with van der Waals surface area (Å²) in [5, 5.41) is 0. The maximum atomic E-state index is 9.49. The molecule has 2 heteroatoms. The van der Waals surface area contributed by atoms with Gasteiger partial charge in [-0.3, -0.25) is 4.57 Å². The summed E-state index contributed by atoms with van der Waals surface area (Å²) in [5.41, 5.74) is 0. The minimum atomic E-state index is -0.210. The van der Waals surface area contributed by atoms with Gasteiger partial charge in [0.25, 0.3) is 0 Å². The van der Waals surface area contributed by atoms with Crippen LogP contribution in [-0.4, -0.2) is 6.16 Å². The number of allylic oxidation sites excluding steroid dienone is 1. The lowest BCUT2D eigenvalue weighted by molar-refractivity contribution is 0.600. The van der Waals surface area contributed by atoms with Crippen molar-refractivity contribution in [2.45, 2.75) is 0 Å². The maximum absolute atomic E-state index is 9.49. The summed E-state index contributed by atoms with van der Waals surface area (Å²) in [6.07, 6.45) is 2.26. The first-order chi connectivity index (χ1) is 2.41. The van der Waals surface area contributed by atoms with Crippen LogP contribution in [0.25, 0.3) is 0 Å². The third kappa shape index (κ3) is 3.84. The quantitative estimate of drug-likeness (QED) is 0.367. The van der Waals surface area contributed by atoms with Crippen molar-refractivity contribution in [1.29, 1.82) is 0 Å². The summed E-state index contributed by atoms with van der Waals surface area (Å²) in [7, 11) is -0.210. The van der Waals surface area contributed by atoms with Gasteiger partial charge in [0, 0.05) is 6.16 Å². The third-order valence-electron chi connectivity index (χ3n) is 0.228. The molecule has 0 aromatic heterocycles. The smallest absolute Gasteiger partial charge is 0.0619 e. The molecule has 5 heavy (non-hydrogen) atoms. The van der Waals surface area contributed by atoms with E-state index in [1.54, 1.807) is 6.08 Å². The van der Waals surface area contributed by atoms with Gasteiger partial charge in [-0.1, -0.05) is 6.08 Å². The summed E-state index contributed by atoms with van der Waals surface area (Å²) in [4.78, 5) is 0. The Bertz CT molecular complexity index is 36.2. The van der Waals surface area contributed by atoms with E-state index in [-0.39, 0.29) is 8.46 Å². The molecule has 29 valence electrons. The highest BCUT2D eigenvalue weighted by atomic mass is 31.1. The van der Waals surface area contributed by atoms with Crippen molar-refractivity contribution in [3.8, 4) is 0 Å². The Morgan fingerprint density at radius 2 is 2.60 bits per heavy atom. The Hall–Kier alpha value is -0.160. The standard InChI is InChI=1S/C3H6OP/c1-2-3-5-4/h2,5H,1,3H2. The van der Waals surface area contributed by atoms with Crippen LogP contribution in [0.4, 0.5) is 0 Å². The minimum Gasteiger partial charge on any atom is -0.290 e. The molecule has 0 bridgehead atoms. The van der Waals surface area contributed by atoms with Crippen LogP contribution in [0, 0.1) is 0 Å². The average Bonchev–Trinajstić information content (AvgIpc) is 1.41. The van der Waals surface area contributed by atoms with E-state index >= 15 is 0 Å². The molecule has 0 saturated carbocycles. The molecule has 0 spiro atoms. The van der Waals surface area contributed by atoms with Crippen molar-refractivity contribution in [3.05, 3.63) is 12.7 Å². The predicted octanol–water partition coefficient (Wildman–Crippen LogP) is 1.20. The summed E-state index contributed by atoms with van der Waals surface area (Å²) >= 11 is 0. The van der Waals surface area contributed by atoms with Crippen LogP contribution < -0.4 is 0 Å². The van der Waals surface area contributed by atoms with Gasteiger partial charge >= 0.3 is 0 Å². The van der Waals surface area contributed by atoms with Crippen LogP contribution in [0.15, 0.2) is 12.7 Å². The molecule has 0 heterocycles. The molecule has 0 aromatic rings. The van der Waals surface area contributed by atoms with E-state index in [2.05, 4.69) is 6.58 Å². The van der Waals surface area contributed by atoms with Crippen molar-refractivity contribution in [2.75, 3.05) is 6.16 Å². The van der Waals surface area contributed by atoms with Gasteiger partial charge in [0.15, 0.2) is 0 Å². The van der Waals surface area contributed by atoms with Gasteiger partial charge in [-0.15, -0.1) is 6.58 Å². The molecule has 0 aliphatic heterocycles. The first kappa shape index (κ1) is 4.84. The van der Waals surface area contributed by atoms with Crippen molar-refractivity contribution >= 4 is 8.46 Å². The average molecular weight is 89.1 g/mol. The second-order valence-corrected chi connectivity index (χ2v) is 1.33. The Morgan fingerprint density at radius 3 is 2.60 bits per heavy atom. The molecule has 0 aromatic carbocycles. The van der Waals surface area contributed by atoms with Crippen LogP contribution in [0.3, 0.4) is 0 Å². The van der Waals surface area contributed by atoms with Gasteiger partial charge in [0.2, 0.25) is 0 Å². The van der Waals surface area contributed by atoms with E-state index < -0.39 is 0 Å². The number of hydrogen-bond donors (Lipinski definition) is 0. The molecule has 1 radical (unpaired) electrons. The summed E-state index contributed by atoms with van der Waals surface area (Å²) in [5.74, 6) is 0. The topological polar surface area (TPSA) is 17.1 Å². The molecular weight excluding hydrogens is 83.0 g/mol. The minimum absolute atomic E-state index is 0.210. The summed E-state index contributed by atoms with van der Waals surface area (Å²) in [6.45, 7) is 3.36. The van der Waals surface area contributed by atoms with Gasteiger partial charge < -0.3 is 0 Å². The lowest BCUT2D eigenvalue weighted by Crippen LogP contribution is -1.47. The fourth-order valence-corrected chi connectivity index (χ4v) is 0.177. The fraction of sp³-hybridized carbons (Fsp3) is 0.333. The Labute approximate surface area is 32.9 Å². The Kier molecular flexibility index (Phi) is 3.72. The fourth-order valence-electron chi connectivity index (χ4n) is 0.0589. The molecule has 0 amide bonds. The third-order valence-corrected chi connectivity index (χ3v) is 0.683. The molecule has 1 atom stereocenters. The van der Waals surface area contributed by atoms with E-state index in [0.717, 1.165) is 0 Å². The largest absolute Gasteiger partial charge is 0.290 e. The highest BCUT2D eigenvalue weighted by Gasteiger charge is 1.58. The Morgan fingerprint density at radius 1 is 2.00 bits per heavy atom. The van der Waals surface area contributed by atoms with Gasteiger partial charge in [0.1, 0.15) is 0 Å². The predicted molar refractivity (Wildman–Crippen MR) is 24.1 cm³/mol. The molecule has 0 rings (SSSR count). The summed E-state index contributed by atoms with van der Waals surface area (Å²) in [6, 6.07) is 0. The van der Waals surface area contributed by atoms with Crippen LogP contribution in [0.2, 0.25) is 0 Å². The van der Waals surface area contributed by atoms with Gasteiger partial charge in [-0.25, -0.2) is 0 Å². The van der Waals surface area contributed by atoms with E-state index in [4.69, 9.17) is 0 Å². The highest BCUT2D eigenvalue weighted by molar-refractivity contribution is 7.23. The van der Waals surface area contributed by atoms with Gasteiger partial charge in [0.05, 0.1) is 8.46 Å². The van der Waals surface area contributed by atoms with E-state index in [9.17, 15) is 4.57 Å². The number of hydrogen-bond acceptors (Lipinski definition) is 1. The lowest BCUT2D eigenvalue weighted by Gasteiger charge is -1.60. The Balaban J connectivity index is 2.65. The van der Waals surface area contributed by atoms with Crippen molar-refractivity contribution in [3.63, 3.8) is 0 Å². The van der Waals surface area contributed by atoms with E-state index in [1.807, 2.05) is 0 Å². The first-order valence-electron chi connectivity index (χ1n) is 1.37. The molecule has 1 unspecified atom stereocenters. The molecule has 0 saturated heterocycles. The molecule has 0 N–H and O–H groups in total.